The molecule has 0 aliphatic rings. The molecule has 0 atom stereocenters. The molecule has 1 rings (SSSR count). The second-order valence-corrected chi connectivity index (χ2v) is 3.57. The Morgan fingerprint density at radius 1 is 1.57 bits per heavy atom. The van der Waals surface area contributed by atoms with Gasteiger partial charge in [0, 0.05) is 18.0 Å². The zero-order valence-corrected chi connectivity index (χ0v) is 8.87. The van der Waals surface area contributed by atoms with Crippen LogP contribution in [0.25, 0.3) is 0 Å². The Bertz CT molecular complexity index is 321. The first-order chi connectivity index (χ1) is 6.66. The number of Topliss-reactive ketones (excluding diaryl/α,β-unsaturated/α-hetero) is 1. The van der Waals surface area contributed by atoms with Gasteiger partial charge in [-0.25, -0.2) is 0 Å². The maximum Gasteiger partial charge on any atom is 0.178 e. The monoisotopic (exact) mass is 192 g/mol. The van der Waals surface area contributed by atoms with Crippen LogP contribution in [-0.4, -0.2) is 24.4 Å². The molecule has 0 saturated carbocycles. The smallest absolute Gasteiger partial charge is 0.178 e. The van der Waals surface area contributed by atoms with Gasteiger partial charge >= 0.3 is 0 Å². The van der Waals surface area contributed by atoms with Crippen LogP contribution in [0.1, 0.15) is 35.7 Å². The minimum Gasteiger partial charge on any atom is -0.313 e. The normalized spacial score (nSPS) is 10.6. The number of aromatic nitrogens is 1. The van der Waals surface area contributed by atoms with Crippen molar-refractivity contribution in [3.05, 3.63) is 29.6 Å². The Kier molecular flexibility index (Phi) is 3.77. The van der Waals surface area contributed by atoms with Gasteiger partial charge in [-0.05, 0) is 24.6 Å². The van der Waals surface area contributed by atoms with Crippen molar-refractivity contribution in [1.29, 1.82) is 0 Å². The van der Waals surface area contributed by atoms with Gasteiger partial charge in [0.15, 0.2) is 5.78 Å². The lowest BCUT2D eigenvalue weighted by molar-refractivity contribution is 0.0992. The number of hydrogen-bond acceptors (Lipinski definition) is 3. The number of nitrogens with one attached hydrogen (secondary N) is 1. The average molecular weight is 192 g/mol. The van der Waals surface area contributed by atoms with Crippen molar-refractivity contribution in [3.8, 4) is 0 Å². The van der Waals surface area contributed by atoms with Crippen LogP contribution in [0.3, 0.4) is 0 Å². The highest BCUT2D eigenvalue weighted by Crippen LogP contribution is 2.18. The molecule has 14 heavy (non-hydrogen) atoms. The van der Waals surface area contributed by atoms with Crippen molar-refractivity contribution >= 4 is 5.78 Å². The summed E-state index contributed by atoms with van der Waals surface area (Å²) in [5.41, 5.74) is 1.80. The third-order valence-corrected chi connectivity index (χ3v) is 2.11. The summed E-state index contributed by atoms with van der Waals surface area (Å²) in [5, 5.41) is 2.85. The van der Waals surface area contributed by atoms with Crippen molar-refractivity contribution in [3.63, 3.8) is 0 Å². The van der Waals surface area contributed by atoms with E-state index >= 15 is 0 Å². The van der Waals surface area contributed by atoms with Crippen LogP contribution in [0.5, 0.6) is 0 Å². The fourth-order valence-electron chi connectivity index (χ4n) is 1.40. The van der Waals surface area contributed by atoms with E-state index in [4.69, 9.17) is 0 Å². The van der Waals surface area contributed by atoms with Gasteiger partial charge in [0.25, 0.3) is 0 Å². The minimum atomic E-state index is 0.101. The molecular formula is C11H16N2O. The van der Waals surface area contributed by atoms with Crippen molar-refractivity contribution in [2.75, 3.05) is 13.6 Å². The van der Waals surface area contributed by atoms with Gasteiger partial charge in [-0.2, -0.15) is 0 Å². The topological polar surface area (TPSA) is 42.0 Å². The van der Waals surface area contributed by atoms with E-state index in [0.717, 1.165) is 11.1 Å². The SMILES string of the molecule is CNCC(=O)c1cnccc1C(C)C. The third kappa shape index (κ3) is 2.39. The molecule has 0 aliphatic heterocycles. The maximum atomic E-state index is 11.7. The number of rotatable bonds is 4. The van der Waals surface area contributed by atoms with Crippen molar-refractivity contribution in [1.82, 2.24) is 10.3 Å². The van der Waals surface area contributed by atoms with E-state index in [-0.39, 0.29) is 5.78 Å². The quantitative estimate of drug-likeness (QED) is 0.737. The van der Waals surface area contributed by atoms with Crippen LogP contribution >= 0.6 is 0 Å². The van der Waals surface area contributed by atoms with E-state index in [9.17, 15) is 4.79 Å². The first kappa shape index (κ1) is 10.9. The fraction of sp³-hybridized carbons (Fsp3) is 0.455. The average Bonchev–Trinajstić information content (AvgIpc) is 2.18. The molecule has 0 unspecified atom stereocenters. The maximum absolute atomic E-state index is 11.7. The van der Waals surface area contributed by atoms with E-state index in [1.54, 1.807) is 19.4 Å². The molecular weight excluding hydrogens is 176 g/mol. The zero-order chi connectivity index (χ0) is 10.6. The molecule has 0 radical (unpaired) electrons. The van der Waals surface area contributed by atoms with Gasteiger partial charge in [0.05, 0.1) is 6.54 Å². The summed E-state index contributed by atoms with van der Waals surface area (Å²) in [7, 11) is 1.77. The predicted molar refractivity (Wildman–Crippen MR) is 56.6 cm³/mol. The number of pyridine rings is 1. The minimum absolute atomic E-state index is 0.101. The van der Waals surface area contributed by atoms with Gasteiger partial charge in [0.2, 0.25) is 0 Å². The van der Waals surface area contributed by atoms with Gasteiger partial charge in [0.1, 0.15) is 0 Å². The fourth-order valence-corrected chi connectivity index (χ4v) is 1.40. The number of nitrogens with zero attached hydrogens (tertiary/aromatic N) is 1. The van der Waals surface area contributed by atoms with E-state index in [2.05, 4.69) is 24.1 Å². The summed E-state index contributed by atoms with van der Waals surface area (Å²) in [6.07, 6.45) is 3.38. The van der Waals surface area contributed by atoms with Gasteiger partial charge in [-0.15, -0.1) is 0 Å². The number of hydrogen-bond donors (Lipinski definition) is 1. The second-order valence-electron chi connectivity index (χ2n) is 3.57. The number of ketones is 1. The molecule has 76 valence electrons. The van der Waals surface area contributed by atoms with E-state index in [0.29, 0.717) is 12.5 Å². The van der Waals surface area contributed by atoms with E-state index in [1.165, 1.54) is 0 Å². The molecule has 0 amide bonds. The molecule has 0 spiro atoms. The Morgan fingerprint density at radius 3 is 2.86 bits per heavy atom. The molecule has 3 nitrogen and oxygen atoms in total. The first-order valence-corrected chi connectivity index (χ1v) is 4.78. The van der Waals surface area contributed by atoms with E-state index < -0.39 is 0 Å². The number of likely N-dealkylation sites (N-methyl/N-ethyl adjacent to an activating group) is 1. The Hall–Kier alpha value is -1.22. The molecule has 0 saturated heterocycles. The first-order valence-electron chi connectivity index (χ1n) is 4.78. The Balaban J connectivity index is 3.00. The van der Waals surface area contributed by atoms with Crippen LogP contribution in [0.2, 0.25) is 0 Å². The standard InChI is InChI=1S/C11H16N2O/c1-8(2)9-4-5-13-6-10(9)11(14)7-12-3/h4-6,8,12H,7H2,1-3H3. The van der Waals surface area contributed by atoms with Crippen LogP contribution in [-0.2, 0) is 0 Å². The Morgan fingerprint density at radius 2 is 2.29 bits per heavy atom. The summed E-state index contributed by atoms with van der Waals surface area (Å²) in [6, 6.07) is 1.91. The second kappa shape index (κ2) is 4.86. The molecule has 1 N–H and O–H groups in total. The summed E-state index contributed by atoms with van der Waals surface area (Å²) in [5.74, 6) is 0.457. The van der Waals surface area contributed by atoms with Crippen molar-refractivity contribution < 1.29 is 4.79 Å². The van der Waals surface area contributed by atoms with Crippen molar-refractivity contribution in [2.24, 2.45) is 0 Å². The Labute approximate surface area is 84.6 Å². The van der Waals surface area contributed by atoms with Crippen LogP contribution in [0, 0.1) is 0 Å². The highest BCUT2D eigenvalue weighted by molar-refractivity contribution is 5.98. The molecule has 0 fully saturated rings. The van der Waals surface area contributed by atoms with E-state index in [1.807, 2.05) is 6.07 Å². The lowest BCUT2D eigenvalue weighted by atomic mass is 9.97. The number of carbonyl (C=O) groups is 1. The third-order valence-electron chi connectivity index (χ3n) is 2.11. The predicted octanol–water partition coefficient (Wildman–Crippen LogP) is 1.61. The summed E-state index contributed by atoms with van der Waals surface area (Å²) >= 11 is 0. The summed E-state index contributed by atoms with van der Waals surface area (Å²) < 4.78 is 0. The lowest BCUT2D eigenvalue weighted by Crippen LogP contribution is -2.20. The molecule has 3 heteroatoms. The lowest BCUT2D eigenvalue weighted by Gasteiger charge is -2.10. The molecule has 1 aromatic rings. The molecule has 0 bridgehead atoms. The molecule has 1 aromatic heterocycles. The highest BCUT2D eigenvalue weighted by atomic mass is 16.1. The molecule has 0 aromatic carbocycles. The largest absolute Gasteiger partial charge is 0.313 e. The van der Waals surface area contributed by atoms with Crippen LogP contribution in [0.4, 0.5) is 0 Å². The highest BCUT2D eigenvalue weighted by Gasteiger charge is 2.12. The number of carbonyl (C=O) groups excluding carboxylic acids is 1. The molecule has 1 heterocycles. The zero-order valence-electron chi connectivity index (χ0n) is 8.87. The van der Waals surface area contributed by atoms with Crippen molar-refractivity contribution in [2.45, 2.75) is 19.8 Å². The van der Waals surface area contributed by atoms with Gasteiger partial charge < -0.3 is 5.32 Å². The van der Waals surface area contributed by atoms with Gasteiger partial charge in [-0.1, -0.05) is 13.8 Å². The molecule has 0 aliphatic carbocycles. The van der Waals surface area contributed by atoms with Crippen LogP contribution in [0.15, 0.2) is 18.5 Å². The van der Waals surface area contributed by atoms with Crippen LogP contribution < -0.4 is 5.32 Å². The summed E-state index contributed by atoms with van der Waals surface area (Å²) in [4.78, 5) is 15.6. The van der Waals surface area contributed by atoms with Gasteiger partial charge in [-0.3, -0.25) is 9.78 Å². The summed E-state index contributed by atoms with van der Waals surface area (Å²) in [6.45, 7) is 4.52.